The number of rotatable bonds is 6. The molecule has 0 bridgehead atoms. The molecular weight excluding hydrogens is 332 g/mol. The number of amides is 1. The van der Waals surface area contributed by atoms with E-state index in [9.17, 15) is 18.0 Å². The molecule has 8 heteroatoms. The SMILES string of the molecule is COC(=O)c1cccc(N(CCNC(=O)C(C)(C)C)S(C)(=O)=O)c1. The standard InChI is InChI=1S/C16H24N2O5S/c1-16(2,3)15(20)17-9-10-18(24(5,21)22)13-8-6-7-12(11-13)14(19)23-4/h6-8,11H,9-10H2,1-5H3,(H,17,20). The number of nitrogens with one attached hydrogen (secondary N) is 1. The van der Waals surface area contributed by atoms with Crippen LogP contribution < -0.4 is 9.62 Å². The van der Waals surface area contributed by atoms with Crippen LogP contribution in [0.1, 0.15) is 31.1 Å². The van der Waals surface area contributed by atoms with Crippen molar-refractivity contribution in [1.82, 2.24) is 5.32 Å². The van der Waals surface area contributed by atoms with E-state index in [2.05, 4.69) is 10.1 Å². The topological polar surface area (TPSA) is 92.8 Å². The third-order valence-electron chi connectivity index (χ3n) is 3.24. The predicted molar refractivity (Wildman–Crippen MR) is 92.4 cm³/mol. The van der Waals surface area contributed by atoms with Gasteiger partial charge < -0.3 is 10.1 Å². The van der Waals surface area contributed by atoms with Crippen molar-refractivity contribution >= 4 is 27.6 Å². The maximum atomic E-state index is 12.1. The number of esters is 1. The summed E-state index contributed by atoms with van der Waals surface area (Å²) in [5.74, 6) is -0.717. The maximum absolute atomic E-state index is 12.1. The van der Waals surface area contributed by atoms with Gasteiger partial charge in [0.05, 0.1) is 31.2 Å². The lowest BCUT2D eigenvalue weighted by atomic mass is 9.96. The van der Waals surface area contributed by atoms with Gasteiger partial charge >= 0.3 is 5.97 Å². The molecule has 24 heavy (non-hydrogen) atoms. The molecule has 1 aromatic rings. The van der Waals surface area contributed by atoms with Gasteiger partial charge in [-0.1, -0.05) is 26.8 Å². The molecule has 0 heterocycles. The number of hydrogen-bond donors (Lipinski definition) is 1. The monoisotopic (exact) mass is 356 g/mol. The number of sulfonamides is 1. The van der Waals surface area contributed by atoms with Gasteiger partial charge in [-0.25, -0.2) is 13.2 Å². The summed E-state index contributed by atoms with van der Waals surface area (Å²) < 4.78 is 29.9. The van der Waals surface area contributed by atoms with Gasteiger partial charge in [0, 0.05) is 12.0 Å². The summed E-state index contributed by atoms with van der Waals surface area (Å²) in [6.45, 7) is 5.54. The van der Waals surface area contributed by atoms with Crippen LogP contribution in [0.3, 0.4) is 0 Å². The van der Waals surface area contributed by atoms with Gasteiger partial charge in [-0.15, -0.1) is 0 Å². The highest BCUT2D eigenvalue weighted by molar-refractivity contribution is 7.92. The van der Waals surface area contributed by atoms with E-state index in [1.165, 1.54) is 19.2 Å². The van der Waals surface area contributed by atoms with E-state index < -0.39 is 21.4 Å². The van der Waals surface area contributed by atoms with E-state index >= 15 is 0 Å². The lowest BCUT2D eigenvalue weighted by Crippen LogP contribution is -2.41. The summed E-state index contributed by atoms with van der Waals surface area (Å²) in [5, 5.41) is 2.71. The summed E-state index contributed by atoms with van der Waals surface area (Å²) in [7, 11) is -2.32. The molecule has 0 unspecified atom stereocenters. The average Bonchev–Trinajstić information content (AvgIpc) is 2.48. The van der Waals surface area contributed by atoms with E-state index in [0.717, 1.165) is 10.6 Å². The van der Waals surface area contributed by atoms with E-state index in [1.807, 2.05) is 0 Å². The molecule has 0 saturated heterocycles. The van der Waals surface area contributed by atoms with E-state index in [1.54, 1.807) is 32.9 Å². The minimum atomic E-state index is -3.57. The van der Waals surface area contributed by atoms with Crippen LogP contribution in [0, 0.1) is 5.41 Å². The smallest absolute Gasteiger partial charge is 0.337 e. The molecule has 1 amide bonds. The Hall–Kier alpha value is -2.09. The minimum Gasteiger partial charge on any atom is -0.465 e. The second-order valence-electron chi connectivity index (χ2n) is 6.38. The van der Waals surface area contributed by atoms with Crippen LogP contribution in [0.15, 0.2) is 24.3 Å². The van der Waals surface area contributed by atoms with Crippen LogP contribution in [0.2, 0.25) is 0 Å². The number of benzene rings is 1. The molecule has 7 nitrogen and oxygen atoms in total. The summed E-state index contributed by atoms with van der Waals surface area (Å²) >= 11 is 0. The molecule has 0 radical (unpaired) electrons. The Labute approximate surface area is 143 Å². The first-order valence-electron chi connectivity index (χ1n) is 7.41. The third-order valence-corrected chi connectivity index (χ3v) is 4.43. The molecule has 0 aromatic heterocycles. The fourth-order valence-electron chi connectivity index (χ4n) is 1.93. The number of methoxy groups -OCH3 is 1. The summed E-state index contributed by atoms with van der Waals surface area (Å²) in [6, 6.07) is 6.14. The van der Waals surface area contributed by atoms with E-state index in [4.69, 9.17) is 0 Å². The lowest BCUT2D eigenvalue weighted by molar-refractivity contribution is -0.128. The predicted octanol–water partition coefficient (Wildman–Crippen LogP) is 1.40. The zero-order chi connectivity index (χ0) is 18.5. The van der Waals surface area contributed by atoms with Crippen molar-refractivity contribution in [3.05, 3.63) is 29.8 Å². The third kappa shape index (κ3) is 5.52. The van der Waals surface area contributed by atoms with Crippen LogP contribution in [-0.2, 0) is 19.6 Å². The highest BCUT2D eigenvalue weighted by Crippen LogP contribution is 2.19. The molecule has 0 spiro atoms. The normalized spacial score (nSPS) is 11.7. The Morgan fingerprint density at radius 3 is 2.38 bits per heavy atom. The molecule has 1 aromatic carbocycles. The zero-order valence-corrected chi connectivity index (χ0v) is 15.4. The number of carbonyl (C=O) groups excluding carboxylic acids is 2. The first-order valence-corrected chi connectivity index (χ1v) is 9.26. The zero-order valence-electron chi connectivity index (χ0n) is 14.6. The van der Waals surface area contributed by atoms with Gasteiger partial charge in [0.25, 0.3) is 0 Å². The molecule has 0 aliphatic heterocycles. The lowest BCUT2D eigenvalue weighted by Gasteiger charge is -2.24. The van der Waals surface area contributed by atoms with Gasteiger partial charge in [-0.3, -0.25) is 9.10 Å². The Morgan fingerprint density at radius 1 is 1.25 bits per heavy atom. The Morgan fingerprint density at radius 2 is 1.88 bits per heavy atom. The first kappa shape index (κ1) is 20.0. The Bertz CT molecular complexity index is 707. The van der Waals surface area contributed by atoms with Crippen molar-refractivity contribution < 1.29 is 22.7 Å². The number of ether oxygens (including phenoxy) is 1. The van der Waals surface area contributed by atoms with Crippen molar-refractivity contribution in [1.29, 1.82) is 0 Å². The molecule has 1 rings (SSSR count). The van der Waals surface area contributed by atoms with E-state index in [0.29, 0.717) is 5.69 Å². The number of carbonyl (C=O) groups is 2. The molecule has 0 atom stereocenters. The van der Waals surface area contributed by atoms with Crippen molar-refractivity contribution in [2.24, 2.45) is 5.41 Å². The van der Waals surface area contributed by atoms with Crippen molar-refractivity contribution in [2.75, 3.05) is 30.8 Å². The second-order valence-corrected chi connectivity index (χ2v) is 8.29. The minimum absolute atomic E-state index is 0.0608. The molecule has 0 saturated carbocycles. The van der Waals surface area contributed by atoms with Crippen LogP contribution >= 0.6 is 0 Å². The van der Waals surface area contributed by atoms with E-state index in [-0.39, 0.29) is 24.6 Å². The van der Waals surface area contributed by atoms with Crippen molar-refractivity contribution in [3.63, 3.8) is 0 Å². The van der Waals surface area contributed by atoms with Gasteiger partial charge in [-0.2, -0.15) is 0 Å². The van der Waals surface area contributed by atoms with Crippen LogP contribution in [-0.4, -0.2) is 46.7 Å². The molecule has 134 valence electrons. The number of nitrogens with zero attached hydrogens (tertiary/aromatic N) is 1. The van der Waals surface area contributed by atoms with Gasteiger partial charge in [0.1, 0.15) is 0 Å². The van der Waals surface area contributed by atoms with Gasteiger partial charge in [-0.05, 0) is 18.2 Å². The highest BCUT2D eigenvalue weighted by atomic mass is 32.2. The summed E-state index contributed by atoms with van der Waals surface area (Å²) in [5.41, 5.74) is 0.0357. The fraction of sp³-hybridized carbons (Fsp3) is 0.500. The van der Waals surface area contributed by atoms with Crippen molar-refractivity contribution in [3.8, 4) is 0 Å². The number of hydrogen-bond acceptors (Lipinski definition) is 5. The van der Waals surface area contributed by atoms with Crippen molar-refractivity contribution in [2.45, 2.75) is 20.8 Å². The summed E-state index contributed by atoms with van der Waals surface area (Å²) in [4.78, 5) is 23.5. The highest BCUT2D eigenvalue weighted by Gasteiger charge is 2.22. The number of anilines is 1. The Balaban J connectivity index is 2.96. The van der Waals surface area contributed by atoms with Crippen LogP contribution in [0.25, 0.3) is 0 Å². The van der Waals surface area contributed by atoms with Crippen LogP contribution in [0.4, 0.5) is 5.69 Å². The second kappa shape index (κ2) is 7.65. The van der Waals surface area contributed by atoms with Gasteiger partial charge in [0.2, 0.25) is 15.9 Å². The molecule has 0 fully saturated rings. The quantitative estimate of drug-likeness (QED) is 0.778. The Kier molecular flexibility index (Phi) is 6.36. The fourth-order valence-corrected chi connectivity index (χ4v) is 2.85. The largest absolute Gasteiger partial charge is 0.465 e. The average molecular weight is 356 g/mol. The first-order chi connectivity index (χ1) is 11.0. The molecule has 0 aliphatic carbocycles. The maximum Gasteiger partial charge on any atom is 0.337 e. The van der Waals surface area contributed by atoms with Gasteiger partial charge in [0.15, 0.2) is 0 Å². The van der Waals surface area contributed by atoms with Crippen LogP contribution in [0.5, 0.6) is 0 Å². The summed E-state index contributed by atoms with van der Waals surface area (Å²) in [6.07, 6.45) is 1.07. The molecule has 1 N–H and O–H groups in total. The molecule has 0 aliphatic rings. The molecular formula is C16H24N2O5S.